The predicted molar refractivity (Wildman–Crippen MR) is 117 cm³/mol. The number of allylic oxidation sites excluding steroid dienone is 2. The smallest absolute Gasteiger partial charge is 0.336 e. The summed E-state index contributed by atoms with van der Waals surface area (Å²) >= 11 is 0. The van der Waals surface area contributed by atoms with Crippen LogP contribution in [0, 0.1) is 18.8 Å². The van der Waals surface area contributed by atoms with Gasteiger partial charge in [0.1, 0.15) is 0 Å². The van der Waals surface area contributed by atoms with Gasteiger partial charge in [-0.25, -0.2) is 9.78 Å². The Morgan fingerprint density at radius 2 is 1.61 bits per heavy atom. The Kier molecular flexibility index (Phi) is 4.43. The Bertz CT molecular complexity index is 1250. The second kappa shape index (κ2) is 7.16. The van der Waals surface area contributed by atoms with Crippen LogP contribution in [0.3, 0.4) is 0 Å². The number of pyridine rings is 1. The van der Waals surface area contributed by atoms with E-state index in [9.17, 15) is 19.5 Å². The summed E-state index contributed by atoms with van der Waals surface area (Å²) in [4.78, 5) is 43.3. The second-order valence-corrected chi connectivity index (χ2v) is 8.10. The molecule has 3 aromatic rings. The summed E-state index contributed by atoms with van der Waals surface area (Å²) in [5, 5.41) is 10.3. The quantitative estimate of drug-likeness (QED) is 0.510. The van der Waals surface area contributed by atoms with Crippen molar-refractivity contribution in [2.24, 2.45) is 11.8 Å². The maximum atomic E-state index is 12.8. The molecule has 0 radical (unpaired) electrons. The van der Waals surface area contributed by atoms with Crippen molar-refractivity contribution in [2.75, 3.05) is 4.90 Å². The molecule has 2 atom stereocenters. The number of hydrogen-bond donors (Lipinski definition) is 1. The number of fused-ring (bicyclic) bond motifs is 2. The number of aryl methyl sites for hydroxylation is 1. The fraction of sp³-hybridized carbons (Fsp3) is 0.200. The van der Waals surface area contributed by atoms with Gasteiger partial charge in [-0.1, -0.05) is 35.9 Å². The monoisotopic (exact) mass is 412 g/mol. The van der Waals surface area contributed by atoms with Crippen molar-refractivity contribution < 1.29 is 19.5 Å². The van der Waals surface area contributed by atoms with Gasteiger partial charge < -0.3 is 5.11 Å². The number of aromatic carboxylic acids is 1. The van der Waals surface area contributed by atoms with E-state index in [0.29, 0.717) is 40.7 Å². The fourth-order valence-electron chi connectivity index (χ4n) is 4.50. The largest absolute Gasteiger partial charge is 0.478 e. The highest BCUT2D eigenvalue weighted by Gasteiger charge is 2.47. The highest BCUT2D eigenvalue weighted by molar-refractivity contribution is 6.22. The van der Waals surface area contributed by atoms with E-state index in [1.165, 1.54) is 4.90 Å². The lowest BCUT2D eigenvalue weighted by molar-refractivity contribution is -0.122. The van der Waals surface area contributed by atoms with Crippen molar-refractivity contribution in [3.8, 4) is 11.3 Å². The SMILES string of the molecule is Cc1ccc2nc(-c3ccc(N4C(=O)C5CC=CCC5C4=O)cc3)cc(C(=O)O)c2c1. The Hall–Kier alpha value is -3.80. The topological polar surface area (TPSA) is 87.6 Å². The van der Waals surface area contributed by atoms with Gasteiger partial charge in [0.05, 0.1) is 34.3 Å². The number of carbonyl (C=O) groups excluding carboxylic acids is 2. The van der Waals surface area contributed by atoms with Gasteiger partial charge in [-0.3, -0.25) is 14.5 Å². The van der Waals surface area contributed by atoms with Crippen molar-refractivity contribution in [3.63, 3.8) is 0 Å². The van der Waals surface area contributed by atoms with Crippen LogP contribution >= 0.6 is 0 Å². The first kappa shape index (κ1) is 19.2. The van der Waals surface area contributed by atoms with Crippen molar-refractivity contribution >= 4 is 34.4 Å². The van der Waals surface area contributed by atoms with Crippen LogP contribution in [0.25, 0.3) is 22.2 Å². The first-order valence-electron chi connectivity index (χ1n) is 10.2. The van der Waals surface area contributed by atoms with Crippen LogP contribution in [0.15, 0.2) is 60.7 Å². The minimum Gasteiger partial charge on any atom is -0.478 e. The highest BCUT2D eigenvalue weighted by atomic mass is 16.4. The van der Waals surface area contributed by atoms with E-state index >= 15 is 0 Å². The number of rotatable bonds is 3. The lowest BCUT2D eigenvalue weighted by Crippen LogP contribution is -2.30. The molecule has 6 nitrogen and oxygen atoms in total. The van der Waals surface area contributed by atoms with Crippen LogP contribution in [0.4, 0.5) is 5.69 Å². The Labute approximate surface area is 178 Å². The highest BCUT2D eigenvalue weighted by Crippen LogP contribution is 2.38. The predicted octanol–water partition coefficient (Wildman–Crippen LogP) is 4.36. The summed E-state index contributed by atoms with van der Waals surface area (Å²) in [5.74, 6) is -1.87. The molecule has 1 aliphatic carbocycles. The van der Waals surface area contributed by atoms with Gasteiger partial charge in [-0.2, -0.15) is 0 Å². The molecule has 2 aromatic carbocycles. The molecular weight excluding hydrogens is 392 g/mol. The number of carboxylic acids is 1. The molecule has 0 spiro atoms. The second-order valence-electron chi connectivity index (χ2n) is 8.10. The summed E-state index contributed by atoms with van der Waals surface area (Å²) < 4.78 is 0. The summed E-state index contributed by atoms with van der Waals surface area (Å²) in [6.07, 6.45) is 5.13. The van der Waals surface area contributed by atoms with E-state index in [1.807, 2.05) is 37.3 Å². The molecule has 0 bridgehead atoms. The molecule has 31 heavy (non-hydrogen) atoms. The van der Waals surface area contributed by atoms with E-state index in [2.05, 4.69) is 4.98 Å². The Morgan fingerprint density at radius 1 is 0.968 bits per heavy atom. The number of carboxylic acid groups (broad SMARTS) is 1. The van der Waals surface area contributed by atoms with E-state index in [1.54, 1.807) is 30.3 Å². The van der Waals surface area contributed by atoms with Gasteiger partial charge in [-0.05, 0) is 50.1 Å². The normalized spacial score (nSPS) is 20.4. The zero-order valence-corrected chi connectivity index (χ0v) is 16.9. The molecule has 2 heterocycles. The van der Waals surface area contributed by atoms with Crippen molar-refractivity contribution in [1.82, 2.24) is 4.98 Å². The van der Waals surface area contributed by atoms with E-state index in [4.69, 9.17) is 0 Å². The molecule has 2 amide bonds. The summed E-state index contributed by atoms with van der Waals surface area (Å²) in [5.41, 5.74) is 3.53. The molecule has 0 saturated carbocycles. The minimum atomic E-state index is -1.01. The Balaban J connectivity index is 1.52. The zero-order chi connectivity index (χ0) is 21.7. The van der Waals surface area contributed by atoms with Gasteiger partial charge >= 0.3 is 5.97 Å². The van der Waals surface area contributed by atoms with Crippen LogP contribution in [-0.2, 0) is 9.59 Å². The lowest BCUT2D eigenvalue weighted by Gasteiger charge is -2.15. The Morgan fingerprint density at radius 3 is 2.23 bits per heavy atom. The van der Waals surface area contributed by atoms with Gasteiger partial charge in [0.2, 0.25) is 11.8 Å². The number of amides is 2. The van der Waals surface area contributed by atoms with Crippen molar-refractivity contribution in [2.45, 2.75) is 19.8 Å². The summed E-state index contributed by atoms with van der Waals surface area (Å²) in [7, 11) is 0. The fourth-order valence-corrected chi connectivity index (χ4v) is 4.50. The number of hydrogen-bond acceptors (Lipinski definition) is 4. The molecule has 1 aliphatic heterocycles. The molecule has 6 heteroatoms. The molecular formula is C25H20N2O4. The average Bonchev–Trinajstić information content (AvgIpc) is 3.03. The zero-order valence-electron chi connectivity index (χ0n) is 16.9. The lowest BCUT2D eigenvalue weighted by atomic mass is 9.85. The van der Waals surface area contributed by atoms with Crippen molar-refractivity contribution in [1.29, 1.82) is 0 Å². The standard InChI is InChI=1S/C25H20N2O4/c1-14-6-11-21-19(12-14)20(25(30)31)13-22(26-21)15-7-9-16(10-8-15)27-23(28)17-4-2-3-5-18(17)24(27)29/h2-3,6-13,17-18H,4-5H2,1H3,(H,30,31). The number of anilines is 1. The van der Waals surface area contributed by atoms with Crippen LogP contribution in [0.1, 0.15) is 28.8 Å². The maximum absolute atomic E-state index is 12.8. The molecule has 1 saturated heterocycles. The number of benzene rings is 2. The average molecular weight is 412 g/mol. The van der Waals surface area contributed by atoms with E-state index in [-0.39, 0.29) is 29.2 Å². The van der Waals surface area contributed by atoms with Crippen LogP contribution in [0.2, 0.25) is 0 Å². The van der Waals surface area contributed by atoms with E-state index < -0.39 is 5.97 Å². The molecule has 1 N–H and O–H groups in total. The summed E-state index contributed by atoms with van der Waals surface area (Å²) in [6, 6.07) is 14.1. The van der Waals surface area contributed by atoms with Crippen LogP contribution in [-0.4, -0.2) is 27.9 Å². The summed E-state index contributed by atoms with van der Waals surface area (Å²) in [6.45, 7) is 1.91. The molecule has 154 valence electrons. The first-order valence-corrected chi connectivity index (χ1v) is 10.2. The minimum absolute atomic E-state index is 0.153. The molecule has 2 unspecified atom stereocenters. The number of nitrogens with zero attached hydrogens (tertiary/aromatic N) is 2. The molecule has 5 rings (SSSR count). The van der Waals surface area contributed by atoms with Gasteiger partial charge in [0, 0.05) is 10.9 Å². The first-order chi connectivity index (χ1) is 14.9. The molecule has 2 aliphatic rings. The molecule has 1 fully saturated rings. The third-order valence-electron chi connectivity index (χ3n) is 6.12. The van der Waals surface area contributed by atoms with E-state index in [0.717, 1.165) is 5.56 Å². The van der Waals surface area contributed by atoms with Crippen LogP contribution in [0.5, 0.6) is 0 Å². The van der Waals surface area contributed by atoms with Gasteiger partial charge in [-0.15, -0.1) is 0 Å². The number of imide groups is 1. The number of carbonyl (C=O) groups is 3. The van der Waals surface area contributed by atoms with Gasteiger partial charge in [0.25, 0.3) is 0 Å². The van der Waals surface area contributed by atoms with Crippen molar-refractivity contribution in [3.05, 3.63) is 71.8 Å². The van der Waals surface area contributed by atoms with Gasteiger partial charge in [0.15, 0.2) is 0 Å². The third kappa shape index (κ3) is 3.11. The third-order valence-corrected chi connectivity index (χ3v) is 6.12. The van der Waals surface area contributed by atoms with Crippen LogP contribution < -0.4 is 4.90 Å². The number of aromatic nitrogens is 1. The maximum Gasteiger partial charge on any atom is 0.336 e. The molecule has 1 aromatic heterocycles.